The predicted octanol–water partition coefficient (Wildman–Crippen LogP) is 2.88. The minimum Gasteiger partial charge on any atom is -0.295 e. The smallest absolute Gasteiger partial charge is 0.159 e. The maximum Gasteiger partial charge on any atom is 0.159 e. The highest BCUT2D eigenvalue weighted by molar-refractivity contribution is 5.96. The first-order valence-corrected chi connectivity index (χ1v) is 4.52. The van der Waals surface area contributed by atoms with Crippen molar-refractivity contribution in [3.8, 4) is 0 Å². The molecule has 0 radical (unpaired) electrons. The Morgan fingerprint density at radius 1 is 1.75 bits per heavy atom. The van der Waals surface area contributed by atoms with Crippen molar-refractivity contribution < 1.29 is 4.79 Å². The molecule has 0 heterocycles. The second-order valence-corrected chi connectivity index (χ2v) is 3.49. The third kappa shape index (κ3) is 1.84. The van der Waals surface area contributed by atoms with Gasteiger partial charge in [-0.3, -0.25) is 4.79 Å². The molecule has 0 aromatic carbocycles. The topological polar surface area (TPSA) is 17.1 Å². The molecule has 0 bridgehead atoms. The molecular formula is C11H16O. The van der Waals surface area contributed by atoms with E-state index in [1.807, 2.05) is 13.8 Å². The Labute approximate surface area is 74.2 Å². The summed E-state index contributed by atoms with van der Waals surface area (Å²) in [5.74, 6) is 0.713. The van der Waals surface area contributed by atoms with Crippen molar-refractivity contribution in [1.82, 2.24) is 0 Å². The first-order chi connectivity index (χ1) is 5.65. The molecule has 66 valence electrons. The summed E-state index contributed by atoms with van der Waals surface area (Å²) in [4.78, 5) is 11.4. The van der Waals surface area contributed by atoms with Gasteiger partial charge < -0.3 is 0 Å². The van der Waals surface area contributed by atoms with Crippen LogP contribution in [0.2, 0.25) is 0 Å². The second-order valence-electron chi connectivity index (χ2n) is 3.49. The number of allylic oxidation sites excluding steroid dienone is 3. The summed E-state index contributed by atoms with van der Waals surface area (Å²) in [5.41, 5.74) is 2.14. The number of ketones is 1. The molecule has 1 aliphatic rings. The molecule has 0 aromatic heterocycles. The van der Waals surface area contributed by atoms with Crippen LogP contribution in [0.3, 0.4) is 0 Å². The Bertz CT molecular complexity index is 235. The largest absolute Gasteiger partial charge is 0.295 e. The lowest BCUT2D eigenvalue weighted by Gasteiger charge is -2.20. The van der Waals surface area contributed by atoms with Gasteiger partial charge in [0.05, 0.1) is 0 Å². The Hall–Kier alpha value is -0.850. The first-order valence-electron chi connectivity index (χ1n) is 4.52. The van der Waals surface area contributed by atoms with E-state index >= 15 is 0 Å². The monoisotopic (exact) mass is 164 g/mol. The van der Waals surface area contributed by atoms with Crippen molar-refractivity contribution in [3.05, 3.63) is 23.8 Å². The van der Waals surface area contributed by atoms with E-state index in [-0.39, 0.29) is 0 Å². The van der Waals surface area contributed by atoms with Gasteiger partial charge in [-0.2, -0.15) is 0 Å². The van der Waals surface area contributed by atoms with Crippen molar-refractivity contribution in [1.29, 1.82) is 0 Å². The first kappa shape index (κ1) is 9.24. The summed E-state index contributed by atoms with van der Waals surface area (Å²) in [6.07, 6.45) is 4.63. The molecule has 0 saturated heterocycles. The van der Waals surface area contributed by atoms with Crippen molar-refractivity contribution in [2.24, 2.45) is 5.92 Å². The molecule has 0 fully saturated rings. The number of hydrogen-bond donors (Lipinski definition) is 0. The zero-order valence-electron chi connectivity index (χ0n) is 7.89. The molecule has 12 heavy (non-hydrogen) atoms. The second kappa shape index (κ2) is 3.70. The van der Waals surface area contributed by atoms with Gasteiger partial charge in [0.25, 0.3) is 0 Å². The average Bonchev–Trinajstić information content (AvgIpc) is 2.04. The normalized spacial score (nSPS) is 23.7. The number of hydrogen-bond acceptors (Lipinski definition) is 1. The van der Waals surface area contributed by atoms with E-state index in [0.29, 0.717) is 18.1 Å². The van der Waals surface area contributed by atoms with Crippen LogP contribution in [0, 0.1) is 5.92 Å². The van der Waals surface area contributed by atoms with E-state index in [0.717, 1.165) is 24.0 Å². The highest BCUT2D eigenvalue weighted by Crippen LogP contribution is 2.26. The Morgan fingerprint density at radius 3 is 2.83 bits per heavy atom. The van der Waals surface area contributed by atoms with Gasteiger partial charge in [0.15, 0.2) is 5.78 Å². The highest BCUT2D eigenvalue weighted by atomic mass is 16.1. The van der Waals surface area contributed by atoms with E-state index < -0.39 is 0 Å². The van der Waals surface area contributed by atoms with Gasteiger partial charge in [-0.05, 0) is 31.3 Å². The molecule has 1 atom stereocenters. The SMILES string of the molecule is C=C(C)[C@@H]1CC=C(CC)C(=O)C1. The van der Waals surface area contributed by atoms with Crippen LogP contribution < -0.4 is 0 Å². The van der Waals surface area contributed by atoms with Gasteiger partial charge >= 0.3 is 0 Å². The molecule has 0 aromatic rings. The quantitative estimate of drug-likeness (QED) is 0.573. The van der Waals surface area contributed by atoms with E-state index in [4.69, 9.17) is 0 Å². The molecule has 0 spiro atoms. The summed E-state index contributed by atoms with van der Waals surface area (Å²) in [5, 5.41) is 0. The summed E-state index contributed by atoms with van der Waals surface area (Å²) >= 11 is 0. The lowest BCUT2D eigenvalue weighted by Crippen LogP contribution is -2.15. The average molecular weight is 164 g/mol. The standard InChI is InChI=1S/C11H16O/c1-4-9-5-6-10(8(2)3)7-11(9)12/h5,10H,2,4,6-7H2,1,3H3/t10-/m1/s1. The fourth-order valence-corrected chi connectivity index (χ4v) is 1.55. The maximum atomic E-state index is 11.4. The third-order valence-corrected chi connectivity index (χ3v) is 2.52. The summed E-state index contributed by atoms with van der Waals surface area (Å²) in [6.45, 7) is 7.92. The minimum absolute atomic E-state index is 0.316. The van der Waals surface area contributed by atoms with Crippen molar-refractivity contribution in [2.75, 3.05) is 0 Å². The van der Waals surface area contributed by atoms with Crippen molar-refractivity contribution in [2.45, 2.75) is 33.1 Å². The summed E-state index contributed by atoms with van der Waals surface area (Å²) in [6, 6.07) is 0. The molecule has 0 aliphatic heterocycles. The summed E-state index contributed by atoms with van der Waals surface area (Å²) < 4.78 is 0. The fraction of sp³-hybridized carbons (Fsp3) is 0.545. The minimum atomic E-state index is 0.316. The molecule has 0 N–H and O–H groups in total. The molecule has 1 nitrogen and oxygen atoms in total. The third-order valence-electron chi connectivity index (χ3n) is 2.52. The fourth-order valence-electron chi connectivity index (χ4n) is 1.55. The Morgan fingerprint density at radius 2 is 2.42 bits per heavy atom. The Balaban J connectivity index is 2.69. The van der Waals surface area contributed by atoms with Gasteiger partial charge in [0, 0.05) is 6.42 Å². The number of rotatable bonds is 2. The summed E-state index contributed by atoms with van der Waals surface area (Å²) in [7, 11) is 0. The number of carbonyl (C=O) groups is 1. The Kier molecular flexibility index (Phi) is 2.85. The van der Waals surface area contributed by atoms with Gasteiger partial charge in [0.1, 0.15) is 0 Å². The van der Waals surface area contributed by atoms with Crippen LogP contribution in [0.15, 0.2) is 23.8 Å². The van der Waals surface area contributed by atoms with E-state index in [1.165, 1.54) is 0 Å². The molecular weight excluding hydrogens is 148 g/mol. The van der Waals surface area contributed by atoms with Gasteiger partial charge in [-0.15, -0.1) is 0 Å². The highest BCUT2D eigenvalue weighted by Gasteiger charge is 2.20. The molecule has 0 saturated carbocycles. The van der Waals surface area contributed by atoms with Crippen LogP contribution in [0.5, 0.6) is 0 Å². The molecule has 1 aliphatic carbocycles. The van der Waals surface area contributed by atoms with Crippen LogP contribution >= 0.6 is 0 Å². The van der Waals surface area contributed by atoms with Crippen LogP contribution in [0.1, 0.15) is 33.1 Å². The molecule has 0 amide bonds. The number of Topliss-reactive ketones (excluding diaryl/α,β-unsaturated/α-hetero) is 1. The predicted molar refractivity (Wildman–Crippen MR) is 50.9 cm³/mol. The van der Waals surface area contributed by atoms with Gasteiger partial charge in [-0.1, -0.05) is 25.2 Å². The van der Waals surface area contributed by atoms with E-state index in [9.17, 15) is 4.79 Å². The molecule has 0 unspecified atom stereocenters. The van der Waals surface area contributed by atoms with E-state index in [1.54, 1.807) is 0 Å². The van der Waals surface area contributed by atoms with Crippen LogP contribution in [-0.4, -0.2) is 5.78 Å². The zero-order valence-corrected chi connectivity index (χ0v) is 7.89. The van der Waals surface area contributed by atoms with E-state index in [2.05, 4.69) is 12.7 Å². The van der Waals surface area contributed by atoms with Crippen LogP contribution in [-0.2, 0) is 4.79 Å². The zero-order chi connectivity index (χ0) is 9.14. The van der Waals surface area contributed by atoms with Crippen molar-refractivity contribution >= 4 is 5.78 Å². The molecule has 1 rings (SSSR count). The van der Waals surface area contributed by atoms with Crippen molar-refractivity contribution in [3.63, 3.8) is 0 Å². The lowest BCUT2D eigenvalue weighted by atomic mass is 9.84. The van der Waals surface area contributed by atoms with Crippen LogP contribution in [0.4, 0.5) is 0 Å². The number of carbonyl (C=O) groups excluding carboxylic acids is 1. The lowest BCUT2D eigenvalue weighted by molar-refractivity contribution is -0.116. The maximum absolute atomic E-state index is 11.4. The molecule has 1 heteroatoms. The van der Waals surface area contributed by atoms with Crippen LogP contribution in [0.25, 0.3) is 0 Å². The van der Waals surface area contributed by atoms with Gasteiger partial charge in [-0.25, -0.2) is 0 Å². The van der Waals surface area contributed by atoms with Gasteiger partial charge in [0.2, 0.25) is 0 Å².